The second-order valence-corrected chi connectivity index (χ2v) is 3.96. The van der Waals surface area contributed by atoms with E-state index in [1.807, 2.05) is 0 Å². The highest BCUT2D eigenvalue weighted by atomic mass is 16.7. The van der Waals surface area contributed by atoms with E-state index < -0.39 is 11.9 Å². The summed E-state index contributed by atoms with van der Waals surface area (Å²) in [6.07, 6.45) is 0.284. The Labute approximate surface area is 110 Å². The van der Waals surface area contributed by atoms with Crippen LogP contribution in [-0.4, -0.2) is 22.8 Å². The molecule has 0 saturated heterocycles. The standard InChI is InChI=1S/C13H15NO5/c1-9(15)10-5-7-11(8-6-10)19-14-12(16)3-2-4-13(17)18/h5-8H,2-4H2,1H3,(H,14,16)(H,17,18). The molecule has 1 aromatic rings. The van der Waals surface area contributed by atoms with E-state index in [1.54, 1.807) is 24.3 Å². The number of benzene rings is 1. The maximum atomic E-state index is 11.3. The molecule has 1 aromatic carbocycles. The third-order valence-corrected chi connectivity index (χ3v) is 2.34. The Balaban J connectivity index is 2.33. The number of ketones is 1. The molecule has 0 aliphatic heterocycles. The number of hydroxylamine groups is 1. The van der Waals surface area contributed by atoms with Crippen LogP contribution in [0.4, 0.5) is 0 Å². The maximum Gasteiger partial charge on any atom is 0.303 e. The van der Waals surface area contributed by atoms with Crippen molar-refractivity contribution in [2.45, 2.75) is 26.2 Å². The quantitative estimate of drug-likeness (QED) is 0.576. The van der Waals surface area contributed by atoms with E-state index in [0.717, 1.165) is 0 Å². The summed E-state index contributed by atoms with van der Waals surface area (Å²) in [4.78, 5) is 37.6. The fourth-order valence-corrected chi connectivity index (χ4v) is 1.32. The fourth-order valence-electron chi connectivity index (χ4n) is 1.32. The van der Waals surface area contributed by atoms with Gasteiger partial charge < -0.3 is 9.94 Å². The first kappa shape index (κ1) is 14.7. The Morgan fingerprint density at radius 3 is 2.32 bits per heavy atom. The fraction of sp³-hybridized carbons (Fsp3) is 0.308. The molecule has 0 heterocycles. The van der Waals surface area contributed by atoms with Crippen molar-refractivity contribution in [2.75, 3.05) is 0 Å². The molecule has 0 aliphatic rings. The van der Waals surface area contributed by atoms with Crippen molar-refractivity contribution in [2.24, 2.45) is 0 Å². The van der Waals surface area contributed by atoms with Crippen LogP contribution >= 0.6 is 0 Å². The first-order valence-corrected chi connectivity index (χ1v) is 5.77. The Kier molecular flexibility index (Phi) is 5.53. The molecule has 0 spiro atoms. The van der Waals surface area contributed by atoms with Crippen LogP contribution < -0.4 is 10.3 Å². The van der Waals surface area contributed by atoms with Gasteiger partial charge in [-0.15, -0.1) is 0 Å². The van der Waals surface area contributed by atoms with Gasteiger partial charge in [-0.05, 0) is 37.6 Å². The summed E-state index contributed by atoms with van der Waals surface area (Å²) in [5.41, 5.74) is 2.76. The topological polar surface area (TPSA) is 92.7 Å². The van der Waals surface area contributed by atoms with Crippen LogP contribution in [-0.2, 0) is 9.59 Å². The molecule has 0 atom stereocenters. The number of amides is 1. The van der Waals surface area contributed by atoms with Gasteiger partial charge >= 0.3 is 5.97 Å². The SMILES string of the molecule is CC(=O)c1ccc(ONC(=O)CCCC(=O)O)cc1. The second kappa shape index (κ2) is 7.15. The lowest BCUT2D eigenvalue weighted by Crippen LogP contribution is -2.26. The van der Waals surface area contributed by atoms with Crippen LogP contribution in [0.25, 0.3) is 0 Å². The van der Waals surface area contributed by atoms with Gasteiger partial charge in [0.15, 0.2) is 11.5 Å². The number of Topliss-reactive ketones (excluding diaryl/α,β-unsaturated/α-hetero) is 1. The van der Waals surface area contributed by atoms with Gasteiger partial charge in [0.25, 0.3) is 5.91 Å². The number of carbonyl (C=O) groups excluding carboxylic acids is 2. The minimum absolute atomic E-state index is 0.0516. The van der Waals surface area contributed by atoms with Crippen molar-refractivity contribution in [1.29, 1.82) is 0 Å². The lowest BCUT2D eigenvalue weighted by atomic mass is 10.1. The Hall–Kier alpha value is -2.37. The van der Waals surface area contributed by atoms with Crippen molar-refractivity contribution in [1.82, 2.24) is 5.48 Å². The number of carboxylic acids is 1. The summed E-state index contributed by atoms with van der Waals surface area (Å²) in [5, 5.41) is 8.41. The molecule has 0 bridgehead atoms. The zero-order chi connectivity index (χ0) is 14.3. The van der Waals surface area contributed by atoms with Crippen LogP contribution in [0.2, 0.25) is 0 Å². The van der Waals surface area contributed by atoms with Crippen molar-refractivity contribution in [3.05, 3.63) is 29.8 Å². The van der Waals surface area contributed by atoms with Gasteiger partial charge in [0.1, 0.15) is 0 Å². The van der Waals surface area contributed by atoms with Gasteiger partial charge in [0.2, 0.25) is 0 Å². The molecule has 0 radical (unpaired) electrons. The highest BCUT2D eigenvalue weighted by molar-refractivity contribution is 5.94. The summed E-state index contributed by atoms with van der Waals surface area (Å²) < 4.78 is 0. The average Bonchev–Trinajstić information content (AvgIpc) is 2.36. The molecule has 0 fully saturated rings. The van der Waals surface area contributed by atoms with Crippen molar-refractivity contribution < 1.29 is 24.3 Å². The van der Waals surface area contributed by atoms with Crippen molar-refractivity contribution in [3.63, 3.8) is 0 Å². The number of carboxylic acid groups (broad SMARTS) is 1. The van der Waals surface area contributed by atoms with Gasteiger partial charge in [-0.1, -0.05) is 0 Å². The number of rotatable bonds is 7. The number of aliphatic carboxylic acids is 1. The van der Waals surface area contributed by atoms with Gasteiger partial charge in [-0.3, -0.25) is 14.4 Å². The third-order valence-electron chi connectivity index (χ3n) is 2.34. The predicted octanol–water partition coefficient (Wildman–Crippen LogP) is 1.55. The summed E-state index contributed by atoms with van der Waals surface area (Å²) in [6.45, 7) is 1.46. The molecule has 0 aliphatic carbocycles. The van der Waals surface area contributed by atoms with Gasteiger partial charge in [0, 0.05) is 18.4 Å². The number of nitrogens with one attached hydrogen (secondary N) is 1. The molecule has 0 aromatic heterocycles. The van der Waals surface area contributed by atoms with E-state index in [2.05, 4.69) is 5.48 Å². The molecule has 2 N–H and O–H groups in total. The predicted molar refractivity (Wildman–Crippen MR) is 66.7 cm³/mol. The Bertz CT molecular complexity index is 466. The molecule has 19 heavy (non-hydrogen) atoms. The van der Waals surface area contributed by atoms with E-state index in [0.29, 0.717) is 11.3 Å². The molecule has 0 unspecified atom stereocenters. The molecule has 6 nitrogen and oxygen atoms in total. The van der Waals surface area contributed by atoms with Crippen LogP contribution in [0.5, 0.6) is 5.75 Å². The van der Waals surface area contributed by atoms with E-state index >= 15 is 0 Å². The van der Waals surface area contributed by atoms with Crippen LogP contribution in [0, 0.1) is 0 Å². The van der Waals surface area contributed by atoms with Crippen LogP contribution in [0.1, 0.15) is 36.5 Å². The lowest BCUT2D eigenvalue weighted by molar-refractivity contribution is -0.137. The molecule has 1 rings (SSSR count). The average molecular weight is 265 g/mol. The van der Waals surface area contributed by atoms with Crippen molar-refractivity contribution >= 4 is 17.7 Å². The number of hydrogen-bond donors (Lipinski definition) is 2. The number of carbonyl (C=O) groups is 3. The third kappa shape index (κ3) is 5.67. The van der Waals surface area contributed by atoms with Gasteiger partial charge in [-0.2, -0.15) is 5.48 Å². The van der Waals surface area contributed by atoms with Gasteiger partial charge in [0.05, 0.1) is 0 Å². The van der Waals surface area contributed by atoms with E-state index in [9.17, 15) is 14.4 Å². The highest BCUT2D eigenvalue weighted by Gasteiger charge is 2.05. The Morgan fingerprint density at radius 2 is 1.79 bits per heavy atom. The first-order chi connectivity index (χ1) is 8.99. The molecule has 1 amide bonds. The minimum atomic E-state index is -0.937. The molecule has 6 heteroatoms. The monoisotopic (exact) mass is 265 g/mol. The summed E-state index contributed by atoms with van der Waals surface area (Å²) >= 11 is 0. The normalized spacial score (nSPS) is 9.74. The summed E-state index contributed by atoms with van der Waals surface area (Å²) in [5.74, 6) is -0.980. The maximum absolute atomic E-state index is 11.3. The zero-order valence-corrected chi connectivity index (χ0v) is 10.5. The lowest BCUT2D eigenvalue weighted by Gasteiger charge is -2.06. The summed E-state index contributed by atoms with van der Waals surface area (Å²) in [7, 11) is 0. The van der Waals surface area contributed by atoms with E-state index in [-0.39, 0.29) is 25.0 Å². The number of hydrogen-bond acceptors (Lipinski definition) is 4. The van der Waals surface area contributed by atoms with E-state index in [1.165, 1.54) is 6.92 Å². The molecule has 102 valence electrons. The largest absolute Gasteiger partial charge is 0.481 e. The highest BCUT2D eigenvalue weighted by Crippen LogP contribution is 2.11. The minimum Gasteiger partial charge on any atom is -0.481 e. The van der Waals surface area contributed by atoms with Crippen molar-refractivity contribution in [3.8, 4) is 5.75 Å². The zero-order valence-electron chi connectivity index (χ0n) is 10.5. The molecule has 0 saturated carbocycles. The summed E-state index contributed by atoms with van der Waals surface area (Å²) in [6, 6.07) is 6.31. The Morgan fingerprint density at radius 1 is 1.16 bits per heavy atom. The van der Waals surface area contributed by atoms with E-state index in [4.69, 9.17) is 9.94 Å². The first-order valence-electron chi connectivity index (χ1n) is 5.77. The van der Waals surface area contributed by atoms with Gasteiger partial charge in [-0.25, -0.2) is 0 Å². The van der Waals surface area contributed by atoms with Crippen LogP contribution in [0.3, 0.4) is 0 Å². The van der Waals surface area contributed by atoms with Crippen LogP contribution in [0.15, 0.2) is 24.3 Å². The second-order valence-electron chi connectivity index (χ2n) is 3.96. The molecular formula is C13H15NO5. The molecular weight excluding hydrogens is 250 g/mol. The smallest absolute Gasteiger partial charge is 0.303 e.